The van der Waals surface area contributed by atoms with E-state index in [1.54, 1.807) is 18.3 Å². The molecule has 1 aromatic carbocycles. The van der Waals surface area contributed by atoms with E-state index in [1.807, 2.05) is 0 Å². The molecule has 1 heterocycles. The van der Waals surface area contributed by atoms with Crippen molar-refractivity contribution in [1.29, 1.82) is 0 Å². The fraction of sp³-hybridized carbons (Fsp3) is 0.267. The first-order valence-corrected chi connectivity index (χ1v) is 7.34. The minimum absolute atomic E-state index is 0.00578. The first-order valence-electron chi connectivity index (χ1n) is 6.58. The second-order valence-corrected chi connectivity index (χ2v) is 5.28. The summed E-state index contributed by atoms with van der Waals surface area (Å²) in [6, 6.07) is 6.25. The summed E-state index contributed by atoms with van der Waals surface area (Å²) in [6.45, 7) is 3.69. The summed E-state index contributed by atoms with van der Waals surface area (Å²) in [5.41, 5.74) is 0.937. The smallest absolute Gasteiger partial charge is 0.238 e. The zero-order valence-corrected chi connectivity index (χ0v) is 13.0. The highest BCUT2D eigenvalue weighted by Gasteiger charge is 2.12. The van der Waals surface area contributed by atoms with Gasteiger partial charge in [0.25, 0.3) is 0 Å². The number of pyridine rings is 1. The second kappa shape index (κ2) is 7.59. The third-order valence-electron chi connectivity index (χ3n) is 2.74. The highest BCUT2D eigenvalue weighted by atomic mass is 35.5. The zero-order valence-electron chi connectivity index (χ0n) is 11.5. The number of aromatic nitrogens is 1. The van der Waals surface area contributed by atoms with Crippen LogP contribution in [-0.2, 0) is 6.54 Å². The number of nitrogens with zero attached hydrogens (tertiary/aromatic N) is 1. The van der Waals surface area contributed by atoms with Crippen molar-refractivity contribution in [2.24, 2.45) is 0 Å². The van der Waals surface area contributed by atoms with Crippen molar-refractivity contribution < 1.29 is 9.13 Å². The van der Waals surface area contributed by atoms with E-state index in [-0.39, 0.29) is 16.7 Å². The van der Waals surface area contributed by atoms with Crippen LogP contribution in [0.4, 0.5) is 4.39 Å². The van der Waals surface area contributed by atoms with Crippen LogP contribution in [0.5, 0.6) is 11.6 Å². The van der Waals surface area contributed by atoms with Crippen LogP contribution in [0.1, 0.15) is 18.9 Å². The quantitative estimate of drug-likeness (QED) is 0.772. The predicted molar refractivity (Wildman–Crippen MR) is 82.7 cm³/mol. The number of rotatable bonds is 6. The van der Waals surface area contributed by atoms with Crippen molar-refractivity contribution in [2.75, 3.05) is 6.54 Å². The molecule has 0 saturated carbocycles. The maximum Gasteiger partial charge on any atom is 0.238 e. The van der Waals surface area contributed by atoms with E-state index in [4.69, 9.17) is 27.9 Å². The lowest BCUT2D eigenvalue weighted by Gasteiger charge is -2.09. The molecule has 3 nitrogen and oxygen atoms in total. The summed E-state index contributed by atoms with van der Waals surface area (Å²) in [7, 11) is 0. The van der Waals surface area contributed by atoms with Crippen LogP contribution in [0.3, 0.4) is 0 Å². The Morgan fingerprint density at radius 3 is 2.81 bits per heavy atom. The molecular formula is C15H15Cl2FN2O. The van der Waals surface area contributed by atoms with Crippen LogP contribution in [0, 0.1) is 5.82 Å². The lowest BCUT2D eigenvalue weighted by molar-refractivity contribution is 0.427. The van der Waals surface area contributed by atoms with Gasteiger partial charge in [0, 0.05) is 12.7 Å². The molecule has 0 unspecified atom stereocenters. The summed E-state index contributed by atoms with van der Waals surface area (Å²) in [5.74, 6) is -0.489. The molecule has 0 aliphatic rings. The van der Waals surface area contributed by atoms with E-state index in [1.165, 1.54) is 12.1 Å². The molecule has 0 atom stereocenters. The third-order valence-corrected chi connectivity index (χ3v) is 3.31. The Kier molecular flexibility index (Phi) is 5.79. The first-order chi connectivity index (χ1) is 10.1. The summed E-state index contributed by atoms with van der Waals surface area (Å²) in [5, 5.41) is 3.56. The van der Waals surface area contributed by atoms with Crippen molar-refractivity contribution in [2.45, 2.75) is 19.9 Å². The standard InChI is InChI=1S/C15H15Cl2FN2O/c1-2-6-19-8-10-7-12(17)15(20-9-10)21-13-5-3-4-11(16)14(13)18/h3-5,7,9,19H,2,6,8H2,1H3. The Morgan fingerprint density at radius 2 is 2.10 bits per heavy atom. The second-order valence-electron chi connectivity index (χ2n) is 4.46. The van der Waals surface area contributed by atoms with Gasteiger partial charge in [-0.2, -0.15) is 0 Å². The average Bonchev–Trinajstić information content (AvgIpc) is 2.47. The summed E-state index contributed by atoms with van der Waals surface area (Å²) < 4.78 is 19.1. The lowest BCUT2D eigenvalue weighted by Crippen LogP contribution is -2.13. The molecule has 0 amide bonds. The largest absolute Gasteiger partial charge is 0.434 e. The fourth-order valence-corrected chi connectivity index (χ4v) is 2.11. The molecular weight excluding hydrogens is 314 g/mol. The van der Waals surface area contributed by atoms with Crippen molar-refractivity contribution in [1.82, 2.24) is 10.3 Å². The first kappa shape index (κ1) is 16.0. The van der Waals surface area contributed by atoms with Crippen molar-refractivity contribution in [3.05, 3.63) is 51.9 Å². The highest BCUT2D eigenvalue weighted by Crippen LogP contribution is 2.31. The molecule has 0 spiro atoms. The van der Waals surface area contributed by atoms with Gasteiger partial charge in [-0.15, -0.1) is 0 Å². The Labute approximate surface area is 133 Å². The molecule has 1 aromatic heterocycles. The highest BCUT2D eigenvalue weighted by molar-refractivity contribution is 6.32. The van der Waals surface area contributed by atoms with Crippen LogP contribution in [0.15, 0.2) is 30.5 Å². The normalized spacial score (nSPS) is 10.7. The van der Waals surface area contributed by atoms with Gasteiger partial charge in [0.1, 0.15) is 5.02 Å². The average molecular weight is 329 g/mol. The Bertz CT molecular complexity index is 623. The maximum atomic E-state index is 13.8. The van der Waals surface area contributed by atoms with E-state index in [0.717, 1.165) is 18.5 Å². The number of ether oxygens (including phenoxy) is 1. The molecule has 0 saturated heterocycles. The van der Waals surface area contributed by atoms with Gasteiger partial charge >= 0.3 is 0 Å². The molecule has 1 N–H and O–H groups in total. The van der Waals surface area contributed by atoms with Gasteiger partial charge in [-0.05, 0) is 36.7 Å². The molecule has 0 radical (unpaired) electrons. The molecule has 0 fully saturated rings. The molecule has 112 valence electrons. The molecule has 6 heteroatoms. The van der Waals surface area contributed by atoms with E-state index >= 15 is 0 Å². The van der Waals surface area contributed by atoms with Crippen LogP contribution < -0.4 is 10.1 Å². The predicted octanol–water partition coefficient (Wildman–Crippen LogP) is 4.82. The van der Waals surface area contributed by atoms with Gasteiger partial charge < -0.3 is 10.1 Å². The van der Waals surface area contributed by atoms with E-state index < -0.39 is 5.82 Å². The number of halogens is 3. The number of nitrogens with one attached hydrogen (secondary N) is 1. The molecule has 2 rings (SSSR count). The van der Waals surface area contributed by atoms with Crippen LogP contribution in [-0.4, -0.2) is 11.5 Å². The summed E-state index contributed by atoms with van der Waals surface area (Å²) >= 11 is 11.8. The van der Waals surface area contributed by atoms with Gasteiger partial charge in [0.15, 0.2) is 11.6 Å². The van der Waals surface area contributed by atoms with Crippen LogP contribution >= 0.6 is 23.2 Å². The van der Waals surface area contributed by atoms with E-state index in [9.17, 15) is 4.39 Å². The van der Waals surface area contributed by atoms with Gasteiger partial charge in [-0.3, -0.25) is 0 Å². The van der Waals surface area contributed by atoms with Gasteiger partial charge in [-0.25, -0.2) is 9.37 Å². The van der Waals surface area contributed by atoms with E-state index in [2.05, 4.69) is 17.2 Å². The lowest BCUT2D eigenvalue weighted by atomic mass is 10.3. The minimum atomic E-state index is -0.634. The molecule has 21 heavy (non-hydrogen) atoms. The third kappa shape index (κ3) is 4.30. The van der Waals surface area contributed by atoms with Crippen LogP contribution in [0.25, 0.3) is 0 Å². The number of hydrogen-bond donors (Lipinski definition) is 1. The maximum absolute atomic E-state index is 13.8. The number of hydrogen-bond acceptors (Lipinski definition) is 3. The van der Waals surface area contributed by atoms with Crippen molar-refractivity contribution in [3.8, 4) is 11.6 Å². The van der Waals surface area contributed by atoms with E-state index in [0.29, 0.717) is 11.6 Å². The Balaban J connectivity index is 2.12. The van der Waals surface area contributed by atoms with Gasteiger partial charge in [0.05, 0.1) is 5.02 Å². The van der Waals surface area contributed by atoms with Crippen molar-refractivity contribution in [3.63, 3.8) is 0 Å². The Morgan fingerprint density at radius 1 is 1.29 bits per heavy atom. The molecule has 0 bridgehead atoms. The monoisotopic (exact) mass is 328 g/mol. The summed E-state index contributed by atoms with van der Waals surface area (Å²) in [4.78, 5) is 4.12. The zero-order chi connectivity index (χ0) is 15.2. The summed E-state index contributed by atoms with van der Waals surface area (Å²) in [6.07, 6.45) is 2.70. The minimum Gasteiger partial charge on any atom is -0.434 e. The Hall–Kier alpha value is -1.36. The molecule has 2 aromatic rings. The SMILES string of the molecule is CCCNCc1cnc(Oc2cccc(Cl)c2F)c(Cl)c1. The van der Waals surface area contributed by atoms with Crippen LogP contribution in [0.2, 0.25) is 10.0 Å². The fourth-order valence-electron chi connectivity index (χ4n) is 1.71. The topological polar surface area (TPSA) is 34.2 Å². The van der Waals surface area contributed by atoms with Crippen molar-refractivity contribution >= 4 is 23.2 Å². The number of benzene rings is 1. The molecule has 0 aliphatic heterocycles. The van der Waals surface area contributed by atoms with Gasteiger partial charge in [-0.1, -0.05) is 36.2 Å². The van der Waals surface area contributed by atoms with Gasteiger partial charge in [0.2, 0.25) is 5.88 Å². The molecule has 0 aliphatic carbocycles.